The fraction of sp³-hybridized carbons (Fsp3) is 0.481. The van der Waals surface area contributed by atoms with Crippen LogP contribution in [-0.4, -0.2) is 62.7 Å². The average molecular weight is 532 g/mol. The molecule has 0 aliphatic carbocycles. The van der Waals surface area contributed by atoms with Crippen LogP contribution in [0.1, 0.15) is 45.2 Å². The van der Waals surface area contributed by atoms with Crippen molar-refractivity contribution in [3.63, 3.8) is 0 Å². The number of fused-ring (bicyclic) bond motifs is 1. The Balaban J connectivity index is 1.94. The van der Waals surface area contributed by atoms with Gasteiger partial charge in [0.1, 0.15) is 25.8 Å². The minimum absolute atomic E-state index is 0.0550. The van der Waals surface area contributed by atoms with Gasteiger partial charge < -0.3 is 19.7 Å². The normalized spacial score (nSPS) is 14.4. The van der Waals surface area contributed by atoms with Gasteiger partial charge in [0.15, 0.2) is 11.5 Å². The third-order valence-corrected chi connectivity index (χ3v) is 8.14. The maximum absolute atomic E-state index is 13.8. The first-order chi connectivity index (χ1) is 17.6. The second-order valence-electron chi connectivity index (χ2n) is 9.24. The SMILES string of the molecule is CC[C@H](C)NC(=O)[C@H](C)N(Cc1cccc(C)c1)C(=O)CN(c1ccc2c(c1)OCCO2)S(=O)(=O)CC. The monoisotopic (exact) mass is 531 g/mol. The molecule has 0 saturated heterocycles. The molecule has 202 valence electrons. The van der Waals surface area contributed by atoms with Gasteiger partial charge in [0.05, 0.1) is 11.4 Å². The number of anilines is 1. The van der Waals surface area contributed by atoms with E-state index in [2.05, 4.69) is 5.32 Å². The standard InChI is InChI=1S/C27H37N3O6S/c1-6-20(4)28-27(32)21(5)29(17-22-10-8-9-19(3)15-22)26(31)18-30(37(33,34)7-2)23-11-12-24-25(16-23)36-14-13-35-24/h8-12,15-16,20-21H,6-7,13-14,17-18H2,1-5H3,(H,28,32)/t20-,21-/m0/s1. The Morgan fingerprint density at radius 3 is 2.38 bits per heavy atom. The molecule has 2 aromatic carbocycles. The minimum Gasteiger partial charge on any atom is -0.486 e. The number of carbonyl (C=O) groups is 2. The lowest BCUT2D eigenvalue weighted by atomic mass is 10.1. The molecule has 1 aliphatic heterocycles. The summed E-state index contributed by atoms with van der Waals surface area (Å²) < 4.78 is 38.5. The highest BCUT2D eigenvalue weighted by molar-refractivity contribution is 7.92. The molecule has 1 N–H and O–H groups in total. The van der Waals surface area contributed by atoms with Crippen molar-refractivity contribution in [2.45, 2.75) is 59.7 Å². The summed E-state index contributed by atoms with van der Waals surface area (Å²) in [6.07, 6.45) is 0.747. The molecular formula is C27H37N3O6S. The van der Waals surface area contributed by atoms with Crippen LogP contribution in [0.3, 0.4) is 0 Å². The lowest BCUT2D eigenvalue weighted by molar-refractivity contribution is -0.139. The average Bonchev–Trinajstić information content (AvgIpc) is 2.89. The molecule has 0 saturated carbocycles. The highest BCUT2D eigenvalue weighted by Gasteiger charge is 2.32. The zero-order valence-corrected chi connectivity index (χ0v) is 23.0. The van der Waals surface area contributed by atoms with Gasteiger partial charge >= 0.3 is 0 Å². The molecule has 0 fully saturated rings. The van der Waals surface area contributed by atoms with E-state index in [1.807, 2.05) is 45.0 Å². The van der Waals surface area contributed by atoms with Gasteiger partial charge in [0.2, 0.25) is 21.8 Å². The van der Waals surface area contributed by atoms with E-state index in [1.165, 1.54) is 11.8 Å². The number of hydrogen-bond acceptors (Lipinski definition) is 6. The third-order valence-electron chi connectivity index (χ3n) is 6.40. The van der Waals surface area contributed by atoms with Gasteiger partial charge in [0.25, 0.3) is 0 Å². The first-order valence-corrected chi connectivity index (χ1v) is 14.2. The Morgan fingerprint density at radius 2 is 1.73 bits per heavy atom. The molecule has 0 bridgehead atoms. The molecule has 2 atom stereocenters. The Hall–Kier alpha value is -3.27. The topological polar surface area (TPSA) is 105 Å². The van der Waals surface area contributed by atoms with Crippen molar-refractivity contribution in [3.8, 4) is 11.5 Å². The number of hydrogen-bond donors (Lipinski definition) is 1. The van der Waals surface area contributed by atoms with Crippen LogP contribution in [0, 0.1) is 6.92 Å². The summed E-state index contributed by atoms with van der Waals surface area (Å²) in [5.74, 6) is -0.0341. The summed E-state index contributed by atoms with van der Waals surface area (Å²) in [5, 5.41) is 2.93. The van der Waals surface area contributed by atoms with Crippen LogP contribution in [0.15, 0.2) is 42.5 Å². The number of nitrogens with zero attached hydrogens (tertiary/aromatic N) is 2. The third kappa shape index (κ3) is 7.15. The van der Waals surface area contributed by atoms with E-state index in [-0.39, 0.29) is 24.2 Å². The smallest absolute Gasteiger partial charge is 0.244 e. The number of amides is 2. The van der Waals surface area contributed by atoms with Gasteiger partial charge in [-0.2, -0.15) is 0 Å². The summed E-state index contributed by atoms with van der Waals surface area (Å²) in [7, 11) is -3.83. The quantitative estimate of drug-likeness (QED) is 0.477. The van der Waals surface area contributed by atoms with E-state index in [4.69, 9.17) is 9.47 Å². The fourth-order valence-corrected chi connectivity index (χ4v) is 5.02. The molecule has 0 aromatic heterocycles. The second-order valence-corrected chi connectivity index (χ2v) is 11.4. The molecule has 1 aliphatic rings. The summed E-state index contributed by atoms with van der Waals surface area (Å²) in [4.78, 5) is 28.2. The minimum atomic E-state index is -3.83. The number of nitrogens with one attached hydrogen (secondary N) is 1. The maximum Gasteiger partial charge on any atom is 0.244 e. The molecule has 0 unspecified atom stereocenters. The van der Waals surface area contributed by atoms with Crippen molar-refractivity contribution in [1.29, 1.82) is 0 Å². The Kier molecular flexibility index (Phi) is 9.42. The van der Waals surface area contributed by atoms with Gasteiger partial charge in [-0.1, -0.05) is 36.8 Å². The van der Waals surface area contributed by atoms with Crippen LogP contribution in [0.2, 0.25) is 0 Å². The Labute approximate surface area is 219 Å². The fourth-order valence-electron chi connectivity index (χ4n) is 3.96. The molecule has 3 rings (SSSR count). The molecule has 9 nitrogen and oxygen atoms in total. The zero-order valence-electron chi connectivity index (χ0n) is 22.2. The predicted molar refractivity (Wildman–Crippen MR) is 143 cm³/mol. The van der Waals surface area contributed by atoms with Crippen LogP contribution in [0.25, 0.3) is 0 Å². The molecular weight excluding hydrogens is 494 g/mol. The summed E-state index contributed by atoms with van der Waals surface area (Å²) in [5.41, 5.74) is 2.17. The zero-order chi connectivity index (χ0) is 27.2. The van der Waals surface area contributed by atoms with Crippen molar-refractivity contribution in [1.82, 2.24) is 10.2 Å². The van der Waals surface area contributed by atoms with Crippen LogP contribution in [0.5, 0.6) is 11.5 Å². The second kappa shape index (κ2) is 12.3. The molecule has 0 spiro atoms. The van der Waals surface area contributed by atoms with Crippen molar-refractivity contribution in [3.05, 3.63) is 53.6 Å². The summed E-state index contributed by atoms with van der Waals surface area (Å²) >= 11 is 0. The van der Waals surface area contributed by atoms with Crippen molar-refractivity contribution in [2.24, 2.45) is 0 Å². The highest BCUT2D eigenvalue weighted by atomic mass is 32.2. The van der Waals surface area contributed by atoms with Gasteiger partial charge in [-0.15, -0.1) is 0 Å². The van der Waals surface area contributed by atoms with E-state index >= 15 is 0 Å². The van der Waals surface area contributed by atoms with Crippen LogP contribution in [-0.2, 0) is 26.2 Å². The Bertz CT molecular complexity index is 1220. The van der Waals surface area contributed by atoms with Gasteiger partial charge in [0, 0.05) is 18.7 Å². The molecule has 10 heteroatoms. The number of rotatable bonds is 11. The number of benzene rings is 2. The summed E-state index contributed by atoms with van der Waals surface area (Å²) in [6.45, 7) is 9.47. The summed E-state index contributed by atoms with van der Waals surface area (Å²) in [6, 6.07) is 11.6. The number of carbonyl (C=O) groups excluding carboxylic acids is 2. The van der Waals surface area contributed by atoms with Crippen LogP contribution >= 0.6 is 0 Å². The number of aryl methyl sites for hydroxylation is 1. The van der Waals surface area contributed by atoms with Gasteiger partial charge in [-0.3, -0.25) is 13.9 Å². The predicted octanol–water partition coefficient (Wildman–Crippen LogP) is 3.25. The van der Waals surface area contributed by atoms with E-state index in [0.29, 0.717) is 30.4 Å². The number of ether oxygens (including phenoxy) is 2. The van der Waals surface area contributed by atoms with E-state index < -0.39 is 28.5 Å². The van der Waals surface area contributed by atoms with Crippen molar-refractivity contribution < 1.29 is 27.5 Å². The van der Waals surface area contributed by atoms with E-state index in [1.54, 1.807) is 25.1 Å². The van der Waals surface area contributed by atoms with E-state index in [0.717, 1.165) is 21.9 Å². The number of sulfonamides is 1. The van der Waals surface area contributed by atoms with Crippen molar-refractivity contribution in [2.75, 3.05) is 29.8 Å². The van der Waals surface area contributed by atoms with Gasteiger partial charge in [-0.25, -0.2) is 8.42 Å². The molecule has 2 aromatic rings. The maximum atomic E-state index is 13.8. The van der Waals surface area contributed by atoms with Crippen molar-refractivity contribution >= 4 is 27.5 Å². The largest absolute Gasteiger partial charge is 0.486 e. The van der Waals surface area contributed by atoms with E-state index in [9.17, 15) is 18.0 Å². The van der Waals surface area contributed by atoms with Crippen LogP contribution < -0.4 is 19.1 Å². The molecule has 37 heavy (non-hydrogen) atoms. The Morgan fingerprint density at radius 1 is 1.03 bits per heavy atom. The molecule has 2 amide bonds. The highest BCUT2D eigenvalue weighted by Crippen LogP contribution is 2.35. The molecule has 1 heterocycles. The lowest BCUT2D eigenvalue weighted by Gasteiger charge is -2.32. The lowest BCUT2D eigenvalue weighted by Crippen LogP contribution is -2.52. The molecule has 0 radical (unpaired) electrons. The van der Waals surface area contributed by atoms with Crippen LogP contribution in [0.4, 0.5) is 5.69 Å². The first-order valence-electron chi connectivity index (χ1n) is 12.6. The first kappa shape index (κ1) is 28.3. The van der Waals surface area contributed by atoms with Gasteiger partial charge in [-0.05, 0) is 51.8 Å².